The molecule has 0 aliphatic carbocycles. The molecule has 1 heterocycles. The lowest BCUT2D eigenvalue weighted by Gasteiger charge is -2.09. The van der Waals surface area contributed by atoms with Gasteiger partial charge < -0.3 is 15.0 Å². The van der Waals surface area contributed by atoms with Crippen molar-refractivity contribution in [3.8, 4) is 5.75 Å². The Morgan fingerprint density at radius 1 is 1.04 bits per heavy atom. The summed E-state index contributed by atoms with van der Waals surface area (Å²) in [4.78, 5) is 26.9. The molecule has 27 heavy (non-hydrogen) atoms. The molecule has 0 radical (unpaired) electrons. The number of para-hydroxylation sites is 3. The predicted molar refractivity (Wildman–Crippen MR) is 104 cm³/mol. The van der Waals surface area contributed by atoms with Crippen molar-refractivity contribution in [1.82, 2.24) is 4.57 Å². The van der Waals surface area contributed by atoms with E-state index in [1.165, 1.54) is 6.08 Å². The van der Waals surface area contributed by atoms with E-state index >= 15 is 0 Å². The first-order valence-corrected chi connectivity index (χ1v) is 8.28. The molecule has 0 aliphatic heterocycles. The third-order valence-electron chi connectivity index (χ3n) is 4.59. The van der Waals surface area contributed by atoms with Crippen LogP contribution in [0.4, 0.5) is 11.4 Å². The second-order valence-corrected chi connectivity index (χ2v) is 6.14. The van der Waals surface area contributed by atoms with Crippen LogP contribution in [0.1, 0.15) is 10.4 Å². The first kappa shape index (κ1) is 16.6. The number of rotatable bonds is 3. The number of hydrogen-bond donors (Lipinski definition) is 2. The Morgan fingerprint density at radius 3 is 2.59 bits per heavy atom. The van der Waals surface area contributed by atoms with Gasteiger partial charge in [0.05, 0.1) is 22.5 Å². The highest BCUT2D eigenvalue weighted by atomic mass is 16.3. The third-order valence-corrected chi connectivity index (χ3v) is 4.59. The maximum atomic E-state index is 12.8. The summed E-state index contributed by atoms with van der Waals surface area (Å²) in [7, 11) is 1.91. The van der Waals surface area contributed by atoms with Crippen LogP contribution in [0.2, 0.25) is 0 Å². The molecule has 0 saturated heterocycles. The molecule has 1 amide bonds. The van der Waals surface area contributed by atoms with E-state index in [0.717, 1.165) is 21.8 Å². The van der Waals surface area contributed by atoms with Crippen LogP contribution in [0.5, 0.6) is 5.75 Å². The SMILES string of the molecule is Cn1c2ccccc2c2cc(C(=O)Nc3ccccc3N=C=O)c(O)cc21. The summed E-state index contributed by atoms with van der Waals surface area (Å²) >= 11 is 0. The molecule has 2 N–H and O–H groups in total. The first-order valence-electron chi connectivity index (χ1n) is 8.28. The van der Waals surface area contributed by atoms with E-state index in [0.29, 0.717) is 11.4 Å². The number of aliphatic imine (C=N–C) groups is 1. The second-order valence-electron chi connectivity index (χ2n) is 6.14. The molecule has 4 rings (SSSR count). The topological polar surface area (TPSA) is 83.7 Å². The maximum absolute atomic E-state index is 12.8. The fourth-order valence-electron chi connectivity index (χ4n) is 3.29. The smallest absolute Gasteiger partial charge is 0.259 e. The van der Waals surface area contributed by atoms with Crippen LogP contribution < -0.4 is 5.32 Å². The Balaban J connectivity index is 1.82. The van der Waals surface area contributed by atoms with E-state index in [9.17, 15) is 14.7 Å². The van der Waals surface area contributed by atoms with E-state index in [4.69, 9.17) is 0 Å². The van der Waals surface area contributed by atoms with Crippen LogP contribution in [0.25, 0.3) is 21.8 Å². The average molecular weight is 357 g/mol. The number of aromatic hydroxyl groups is 1. The lowest BCUT2D eigenvalue weighted by molar-refractivity contribution is 0.102. The number of hydrogen-bond acceptors (Lipinski definition) is 4. The van der Waals surface area contributed by atoms with Gasteiger partial charge in [0.25, 0.3) is 5.91 Å². The number of amides is 1. The maximum Gasteiger partial charge on any atom is 0.259 e. The number of anilines is 1. The van der Waals surface area contributed by atoms with Crippen molar-refractivity contribution >= 4 is 45.2 Å². The summed E-state index contributed by atoms with van der Waals surface area (Å²) in [6.07, 6.45) is 1.47. The van der Waals surface area contributed by atoms with Gasteiger partial charge in [-0.05, 0) is 24.3 Å². The van der Waals surface area contributed by atoms with Crippen molar-refractivity contribution in [1.29, 1.82) is 0 Å². The van der Waals surface area contributed by atoms with Crippen molar-refractivity contribution < 1.29 is 14.7 Å². The number of nitrogens with one attached hydrogen (secondary N) is 1. The van der Waals surface area contributed by atoms with Gasteiger partial charge in [-0.2, -0.15) is 4.99 Å². The van der Waals surface area contributed by atoms with Gasteiger partial charge in [-0.3, -0.25) is 4.79 Å². The minimum atomic E-state index is -0.490. The van der Waals surface area contributed by atoms with Crippen LogP contribution in [0.15, 0.2) is 65.7 Å². The van der Waals surface area contributed by atoms with Crippen LogP contribution in [-0.4, -0.2) is 21.7 Å². The van der Waals surface area contributed by atoms with Crippen molar-refractivity contribution in [3.63, 3.8) is 0 Å². The largest absolute Gasteiger partial charge is 0.507 e. The predicted octanol–water partition coefficient (Wildman–Crippen LogP) is 4.26. The molecule has 0 bridgehead atoms. The second kappa shape index (κ2) is 6.44. The summed E-state index contributed by atoms with van der Waals surface area (Å²) in [5, 5.41) is 15.0. The number of carbonyl (C=O) groups is 1. The van der Waals surface area contributed by atoms with Gasteiger partial charge in [-0.25, -0.2) is 4.79 Å². The number of aromatic nitrogens is 1. The van der Waals surface area contributed by atoms with Crippen molar-refractivity contribution in [2.75, 3.05) is 5.32 Å². The zero-order valence-electron chi connectivity index (χ0n) is 14.4. The molecule has 0 atom stereocenters. The summed E-state index contributed by atoms with van der Waals surface area (Å²) in [5.74, 6) is -0.613. The molecule has 0 unspecified atom stereocenters. The highest BCUT2D eigenvalue weighted by Gasteiger charge is 2.17. The van der Waals surface area contributed by atoms with Crippen molar-refractivity contribution in [2.24, 2.45) is 12.0 Å². The number of aryl methyl sites for hydroxylation is 1. The number of isocyanates is 1. The van der Waals surface area contributed by atoms with Gasteiger partial charge in [0.15, 0.2) is 0 Å². The zero-order chi connectivity index (χ0) is 19.0. The van der Waals surface area contributed by atoms with Crippen molar-refractivity contribution in [3.05, 3.63) is 66.2 Å². The molecule has 6 nitrogen and oxygen atoms in total. The molecular weight excluding hydrogens is 342 g/mol. The highest BCUT2D eigenvalue weighted by molar-refractivity contribution is 6.14. The Hall–Kier alpha value is -3.89. The van der Waals surface area contributed by atoms with Gasteiger partial charge in [0, 0.05) is 29.4 Å². The minimum absolute atomic E-state index is 0.123. The van der Waals surface area contributed by atoms with Gasteiger partial charge >= 0.3 is 0 Å². The summed E-state index contributed by atoms with van der Waals surface area (Å²) < 4.78 is 1.97. The van der Waals surface area contributed by atoms with Gasteiger partial charge in [-0.15, -0.1) is 0 Å². The molecule has 0 aliphatic rings. The standard InChI is InChI=1S/C21H15N3O3/c1-24-18-9-5-2-6-13(18)14-10-15(20(26)11-19(14)24)21(27)23-17-8-4-3-7-16(17)22-12-25/h2-11,26H,1H3,(H,23,27). The molecule has 6 heteroatoms. The monoisotopic (exact) mass is 357 g/mol. The highest BCUT2D eigenvalue weighted by Crippen LogP contribution is 2.33. The average Bonchev–Trinajstić information content (AvgIpc) is 2.95. The van der Waals surface area contributed by atoms with E-state index in [1.807, 2.05) is 35.9 Å². The summed E-state index contributed by atoms with van der Waals surface area (Å²) in [6, 6.07) is 17.7. The summed E-state index contributed by atoms with van der Waals surface area (Å²) in [6.45, 7) is 0. The fraction of sp³-hybridized carbons (Fsp3) is 0.0476. The Kier molecular flexibility index (Phi) is 3.95. The van der Waals surface area contributed by atoms with E-state index in [-0.39, 0.29) is 11.3 Å². The van der Waals surface area contributed by atoms with E-state index in [2.05, 4.69) is 10.3 Å². The lowest BCUT2D eigenvalue weighted by atomic mass is 10.1. The first-order chi connectivity index (χ1) is 13.1. The number of carbonyl (C=O) groups excluding carboxylic acids is 2. The van der Waals surface area contributed by atoms with Crippen LogP contribution in [0.3, 0.4) is 0 Å². The van der Waals surface area contributed by atoms with E-state index in [1.54, 1.807) is 36.4 Å². The summed E-state index contributed by atoms with van der Waals surface area (Å²) in [5.41, 5.74) is 2.64. The number of fused-ring (bicyclic) bond motifs is 3. The number of nitrogens with zero attached hydrogens (tertiary/aromatic N) is 2. The van der Waals surface area contributed by atoms with E-state index < -0.39 is 5.91 Å². The number of phenolic OH excluding ortho intramolecular Hbond substituents is 1. The molecule has 132 valence electrons. The third kappa shape index (κ3) is 2.74. The molecule has 1 aromatic heterocycles. The van der Waals surface area contributed by atoms with Gasteiger partial charge in [0.1, 0.15) is 5.75 Å². The minimum Gasteiger partial charge on any atom is -0.507 e. The fourth-order valence-corrected chi connectivity index (χ4v) is 3.29. The van der Waals surface area contributed by atoms with Crippen molar-refractivity contribution in [2.45, 2.75) is 0 Å². The molecule has 4 aromatic rings. The molecule has 0 spiro atoms. The molecule has 3 aromatic carbocycles. The van der Waals surface area contributed by atoms with Gasteiger partial charge in [0.2, 0.25) is 6.08 Å². The van der Waals surface area contributed by atoms with Crippen LogP contribution in [0, 0.1) is 0 Å². The van der Waals surface area contributed by atoms with Crippen LogP contribution in [-0.2, 0) is 11.8 Å². The van der Waals surface area contributed by atoms with Gasteiger partial charge in [-0.1, -0.05) is 30.3 Å². The molecule has 0 fully saturated rings. The Bertz CT molecular complexity index is 1250. The molecule has 0 saturated carbocycles. The normalized spacial score (nSPS) is 10.7. The van der Waals surface area contributed by atoms with Crippen LogP contribution >= 0.6 is 0 Å². The Morgan fingerprint density at radius 2 is 1.78 bits per heavy atom. The Labute approximate surface area is 154 Å². The lowest BCUT2D eigenvalue weighted by Crippen LogP contribution is -2.12. The quantitative estimate of drug-likeness (QED) is 0.424. The number of phenols is 1. The molecular formula is C21H15N3O3. The zero-order valence-corrected chi connectivity index (χ0v) is 14.4. The number of benzene rings is 3.